The summed E-state index contributed by atoms with van der Waals surface area (Å²) in [6, 6.07) is 0. The van der Waals surface area contributed by atoms with E-state index in [0.29, 0.717) is 5.78 Å². The predicted octanol–water partition coefficient (Wildman–Crippen LogP) is 1.46. The van der Waals surface area contributed by atoms with Crippen LogP contribution in [0.25, 0.3) is 0 Å². The molecule has 3 heteroatoms. The van der Waals surface area contributed by atoms with Crippen LogP contribution in [-0.2, 0) is 4.79 Å². The molecule has 8 heavy (non-hydrogen) atoms. The molecule has 1 unspecified atom stereocenters. The normalized spacial score (nSPS) is 30.6. The lowest BCUT2D eigenvalue weighted by Crippen LogP contribution is -2.21. The number of Topliss-reactive ketones (excluding diaryl/α,β-unsaturated/α-hetero) is 1. The fraction of sp³-hybridized carbons (Fsp3) is 0.800. The van der Waals surface area contributed by atoms with Crippen molar-refractivity contribution in [3.8, 4) is 0 Å². The van der Waals surface area contributed by atoms with Crippen molar-refractivity contribution in [1.29, 1.82) is 0 Å². The number of hydrogen-bond donors (Lipinski definition) is 0. The molecule has 0 bridgehead atoms. The highest BCUT2D eigenvalue weighted by Gasteiger charge is 2.18. The summed E-state index contributed by atoms with van der Waals surface area (Å²) < 4.78 is 0. The molecule has 1 fully saturated rings. The summed E-state index contributed by atoms with van der Waals surface area (Å²) in [5, 5.41) is 0. The number of carbonyl (C=O) groups excluding carboxylic acids is 1. The van der Waals surface area contributed by atoms with Crippen LogP contribution in [-0.4, -0.2) is 22.1 Å². The van der Waals surface area contributed by atoms with Crippen LogP contribution in [0.3, 0.4) is 0 Å². The monoisotopic (exact) mass is 194 g/mol. The minimum Gasteiger partial charge on any atom is -0.298 e. The van der Waals surface area contributed by atoms with E-state index >= 15 is 0 Å². The van der Waals surface area contributed by atoms with Crippen molar-refractivity contribution in [3.05, 3.63) is 0 Å². The second-order valence-corrected chi connectivity index (χ2v) is 4.01. The lowest BCUT2D eigenvalue weighted by Gasteiger charge is -2.12. The smallest absolute Gasteiger partial charge is 0.148 e. The summed E-state index contributed by atoms with van der Waals surface area (Å²) in [6.45, 7) is 0. The first kappa shape index (κ1) is 6.62. The summed E-state index contributed by atoms with van der Waals surface area (Å²) >= 11 is 5.12. The third-order valence-electron chi connectivity index (χ3n) is 1.11. The second kappa shape index (κ2) is 2.87. The van der Waals surface area contributed by atoms with Gasteiger partial charge in [0.25, 0.3) is 0 Å². The van der Waals surface area contributed by atoms with Gasteiger partial charge in [-0.25, -0.2) is 0 Å². The van der Waals surface area contributed by atoms with Crippen LogP contribution in [0, 0.1) is 0 Å². The quantitative estimate of drug-likeness (QED) is 0.544. The standard InChI is InChI=1S/C5H7BrOS/c6-4-3-8-2-1-5(4)7/h4H,1-3H2. The molecule has 0 spiro atoms. The van der Waals surface area contributed by atoms with Crippen molar-refractivity contribution in [2.75, 3.05) is 11.5 Å². The van der Waals surface area contributed by atoms with Crippen LogP contribution in [0.4, 0.5) is 0 Å². The molecule has 1 aliphatic heterocycles. The Morgan fingerprint density at radius 1 is 1.75 bits per heavy atom. The molecule has 1 rings (SSSR count). The molecule has 0 aliphatic carbocycles. The van der Waals surface area contributed by atoms with Crippen molar-refractivity contribution in [2.45, 2.75) is 11.2 Å². The molecule has 0 N–H and O–H groups in total. The van der Waals surface area contributed by atoms with E-state index in [1.807, 2.05) is 11.8 Å². The van der Waals surface area contributed by atoms with Gasteiger partial charge in [-0.2, -0.15) is 11.8 Å². The van der Waals surface area contributed by atoms with Crippen LogP contribution in [0.15, 0.2) is 0 Å². The minimum atomic E-state index is 0.140. The van der Waals surface area contributed by atoms with Gasteiger partial charge in [0.2, 0.25) is 0 Å². The zero-order chi connectivity index (χ0) is 5.98. The molecule has 0 radical (unpaired) electrons. The van der Waals surface area contributed by atoms with Gasteiger partial charge in [-0.15, -0.1) is 0 Å². The maximum atomic E-state index is 10.7. The molecule has 46 valence electrons. The Bertz CT molecular complexity index is 105. The van der Waals surface area contributed by atoms with E-state index in [9.17, 15) is 4.79 Å². The lowest BCUT2D eigenvalue weighted by atomic mass is 10.2. The highest BCUT2D eigenvalue weighted by molar-refractivity contribution is 9.10. The van der Waals surface area contributed by atoms with E-state index in [2.05, 4.69) is 15.9 Å². The van der Waals surface area contributed by atoms with Gasteiger partial charge in [-0.3, -0.25) is 4.79 Å². The molecule has 1 nitrogen and oxygen atoms in total. The predicted molar refractivity (Wildman–Crippen MR) is 39.7 cm³/mol. The molecule has 0 saturated carbocycles. The van der Waals surface area contributed by atoms with Crippen molar-refractivity contribution in [3.63, 3.8) is 0 Å². The molecule has 1 atom stereocenters. The van der Waals surface area contributed by atoms with Crippen LogP contribution >= 0.6 is 27.7 Å². The average Bonchev–Trinajstić information content (AvgIpc) is 1.77. The van der Waals surface area contributed by atoms with E-state index in [4.69, 9.17) is 0 Å². The van der Waals surface area contributed by atoms with E-state index < -0.39 is 0 Å². The Labute approximate surface area is 61.3 Å². The van der Waals surface area contributed by atoms with Gasteiger partial charge in [-0.1, -0.05) is 15.9 Å². The molecule has 0 aromatic carbocycles. The Kier molecular flexibility index (Phi) is 2.38. The fourth-order valence-corrected chi connectivity index (χ4v) is 2.30. The molecule has 1 heterocycles. The summed E-state index contributed by atoms with van der Waals surface area (Å²) in [4.78, 5) is 10.9. The molecule has 0 amide bonds. The number of halogens is 1. The molecule has 1 aliphatic rings. The van der Waals surface area contributed by atoms with Crippen LogP contribution < -0.4 is 0 Å². The van der Waals surface area contributed by atoms with Crippen LogP contribution in [0.2, 0.25) is 0 Å². The lowest BCUT2D eigenvalue weighted by molar-refractivity contribution is -0.117. The molecular weight excluding hydrogens is 188 g/mol. The highest BCUT2D eigenvalue weighted by Crippen LogP contribution is 2.19. The molecule has 0 aromatic heterocycles. The van der Waals surface area contributed by atoms with Gasteiger partial charge in [0, 0.05) is 17.9 Å². The van der Waals surface area contributed by atoms with Gasteiger partial charge in [0.1, 0.15) is 5.78 Å². The van der Waals surface area contributed by atoms with Crippen molar-refractivity contribution in [2.24, 2.45) is 0 Å². The van der Waals surface area contributed by atoms with E-state index in [1.54, 1.807) is 0 Å². The van der Waals surface area contributed by atoms with E-state index in [-0.39, 0.29) is 4.83 Å². The SMILES string of the molecule is O=C1CCSCC1Br. The summed E-state index contributed by atoms with van der Waals surface area (Å²) in [6.07, 6.45) is 0.751. The molecule has 1 saturated heterocycles. The number of alkyl halides is 1. The third kappa shape index (κ3) is 1.49. The second-order valence-electron chi connectivity index (χ2n) is 1.76. The molecule has 0 aromatic rings. The van der Waals surface area contributed by atoms with Crippen LogP contribution in [0.5, 0.6) is 0 Å². The summed E-state index contributed by atoms with van der Waals surface area (Å²) in [5.74, 6) is 2.34. The summed E-state index contributed by atoms with van der Waals surface area (Å²) in [5.41, 5.74) is 0. The number of ketones is 1. The Hall–Kier alpha value is 0.500. The maximum Gasteiger partial charge on any atom is 0.148 e. The third-order valence-corrected chi connectivity index (χ3v) is 3.43. The van der Waals surface area contributed by atoms with Gasteiger partial charge < -0.3 is 0 Å². The van der Waals surface area contributed by atoms with Gasteiger partial charge in [-0.05, 0) is 0 Å². The fourth-order valence-electron chi connectivity index (χ4n) is 0.609. The van der Waals surface area contributed by atoms with Crippen molar-refractivity contribution >= 4 is 33.5 Å². The Balaban J connectivity index is 2.39. The van der Waals surface area contributed by atoms with E-state index in [0.717, 1.165) is 17.9 Å². The zero-order valence-electron chi connectivity index (χ0n) is 4.39. The number of carbonyl (C=O) groups is 1. The summed E-state index contributed by atoms with van der Waals surface area (Å²) in [7, 11) is 0. The van der Waals surface area contributed by atoms with Crippen molar-refractivity contribution < 1.29 is 4.79 Å². The largest absolute Gasteiger partial charge is 0.298 e. The average molecular weight is 195 g/mol. The van der Waals surface area contributed by atoms with Gasteiger partial charge >= 0.3 is 0 Å². The highest BCUT2D eigenvalue weighted by atomic mass is 79.9. The van der Waals surface area contributed by atoms with Crippen LogP contribution in [0.1, 0.15) is 6.42 Å². The topological polar surface area (TPSA) is 17.1 Å². The number of hydrogen-bond acceptors (Lipinski definition) is 2. The minimum absolute atomic E-state index is 0.140. The zero-order valence-corrected chi connectivity index (χ0v) is 6.80. The number of thioether (sulfide) groups is 1. The van der Waals surface area contributed by atoms with E-state index in [1.165, 1.54) is 0 Å². The molecular formula is C5H7BrOS. The Morgan fingerprint density at radius 3 is 2.88 bits per heavy atom. The first-order valence-corrected chi connectivity index (χ1v) is 4.62. The first-order chi connectivity index (χ1) is 3.80. The Morgan fingerprint density at radius 2 is 2.50 bits per heavy atom. The van der Waals surface area contributed by atoms with Crippen molar-refractivity contribution in [1.82, 2.24) is 0 Å². The first-order valence-electron chi connectivity index (χ1n) is 2.55. The van der Waals surface area contributed by atoms with Gasteiger partial charge in [0.05, 0.1) is 4.83 Å². The number of rotatable bonds is 0. The maximum absolute atomic E-state index is 10.7. The van der Waals surface area contributed by atoms with Gasteiger partial charge in [0.15, 0.2) is 0 Å².